The number of benzene rings is 3. The van der Waals surface area contributed by atoms with E-state index in [1.807, 2.05) is 24.3 Å². The molecule has 41 heavy (non-hydrogen) atoms. The summed E-state index contributed by atoms with van der Waals surface area (Å²) in [6, 6.07) is 17.3. The monoisotopic (exact) mass is 588 g/mol. The molecule has 3 aromatic rings. The van der Waals surface area contributed by atoms with E-state index in [1.54, 1.807) is 31.4 Å². The third-order valence-electron chi connectivity index (χ3n) is 6.49. The van der Waals surface area contributed by atoms with E-state index in [-0.39, 0.29) is 25.4 Å². The van der Waals surface area contributed by atoms with E-state index >= 15 is 0 Å². The Morgan fingerprint density at radius 1 is 1.05 bits per heavy atom. The fraction of sp³-hybridized carbons (Fsp3) is 0.276. The van der Waals surface area contributed by atoms with Crippen molar-refractivity contribution in [1.82, 2.24) is 9.91 Å². The maximum atomic E-state index is 13.7. The summed E-state index contributed by atoms with van der Waals surface area (Å²) in [5, 5.41) is 9.00. The first-order chi connectivity index (χ1) is 19.6. The van der Waals surface area contributed by atoms with Crippen LogP contribution in [0.15, 0.2) is 77.9 Å². The number of hydrazone groups is 1. The highest BCUT2D eigenvalue weighted by Gasteiger charge is 2.35. The van der Waals surface area contributed by atoms with Crippen LogP contribution in [-0.4, -0.2) is 61.5 Å². The number of urea groups is 1. The van der Waals surface area contributed by atoms with E-state index in [4.69, 9.17) is 21.1 Å². The molecular formula is C29H28ClF3N4O4. The van der Waals surface area contributed by atoms with Gasteiger partial charge < -0.3 is 19.7 Å². The van der Waals surface area contributed by atoms with Crippen LogP contribution in [-0.2, 0) is 15.7 Å². The van der Waals surface area contributed by atoms with Crippen LogP contribution in [0.3, 0.4) is 0 Å². The minimum atomic E-state index is -4.50. The fourth-order valence-electron chi connectivity index (χ4n) is 4.32. The van der Waals surface area contributed by atoms with Gasteiger partial charge in [0.2, 0.25) is 0 Å². The molecule has 3 amide bonds. The van der Waals surface area contributed by atoms with Crippen molar-refractivity contribution in [2.24, 2.45) is 5.10 Å². The molecule has 0 radical (unpaired) electrons. The van der Waals surface area contributed by atoms with Gasteiger partial charge in [-0.3, -0.25) is 4.79 Å². The van der Waals surface area contributed by atoms with Gasteiger partial charge in [-0.05, 0) is 48.0 Å². The molecule has 0 fully saturated rings. The number of hydrogen-bond acceptors (Lipinski definition) is 5. The molecule has 0 saturated heterocycles. The van der Waals surface area contributed by atoms with E-state index in [2.05, 4.69) is 10.4 Å². The second-order valence-corrected chi connectivity index (χ2v) is 9.58. The van der Waals surface area contributed by atoms with E-state index in [0.29, 0.717) is 28.5 Å². The number of carbonyl (C=O) groups is 2. The first-order valence-electron chi connectivity index (χ1n) is 12.6. The lowest BCUT2D eigenvalue weighted by Gasteiger charge is -2.27. The van der Waals surface area contributed by atoms with Crippen LogP contribution in [0.25, 0.3) is 0 Å². The average molecular weight is 589 g/mol. The molecule has 216 valence electrons. The van der Waals surface area contributed by atoms with Crippen LogP contribution >= 0.6 is 11.6 Å². The zero-order chi connectivity index (χ0) is 29.6. The third kappa shape index (κ3) is 7.36. The first-order valence-corrected chi connectivity index (χ1v) is 13.0. The molecule has 4 rings (SSSR count). The number of hydrogen-bond donors (Lipinski definition) is 1. The van der Waals surface area contributed by atoms with Crippen molar-refractivity contribution in [3.05, 3.63) is 94.5 Å². The lowest BCUT2D eigenvalue weighted by atomic mass is 9.98. The molecule has 1 aliphatic rings. The Morgan fingerprint density at radius 3 is 2.34 bits per heavy atom. The van der Waals surface area contributed by atoms with E-state index in [1.165, 1.54) is 17.0 Å². The summed E-state index contributed by atoms with van der Waals surface area (Å²) < 4.78 is 49.1. The summed E-state index contributed by atoms with van der Waals surface area (Å²) in [4.78, 5) is 28.0. The van der Waals surface area contributed by atoms with Crippen LogP contribution in [0.4, 0.5) is 23.7 Å². The van der Waals surface area contributed by atoms with Gasteiger partial charge in [0.1, 0.15) is 12.3 Å². The second-order valence-electron chi connectivity index (χ2n) is 9.18. The van der Waals surface area contributed by atoms with Gasteiger partial charge >= 0.3 is 12.2 Å². The SMILES string of the molecule is COCCN(CC(=O)N1N=C(c2ccccc2Cl)C[C@H]1c1ccc(OC)cc1)C(=O)Nc1ccc(C(F)(F)F)cc1. The normalized spacial score (nSPS) is 14.9. The molecule has 0 aliphatic carbocycles. The van der Waals surface area contributed by atoms with E-state index in [9.17, 15) is 22.8 Å². The Bertz CT molecular complexity index is 1400. The fourth-order valence-corrected chi connectivity index (χ4v) is 4.56. The largest absolute Gasteiger partial charge is 0.497 e. The third-order valence-corrected chi connectivity index (χ3v) is 6.82. The van der Waals surface area contributed by atoms with Gasteiger partial charge in [-0.2, -0.15) is 18.3 Å². The van der Waals surface area contributed by atoms with Crippen LogP contribution in [0.5, 0.6) is 5.75 Å². The minimum absolute atomic E-state index is 0.0524. The number of carbonyl (C=O) groups excluding carboxylic acids is 2. The number of halogens is 4. The van der Waals surface area contributed by atoms with Gasteiger partial charge in [-0.15, -0.1) is 0 Å². The molecule has 8 nitrogen and oxygen atoms in total. The predicted molar refractivity (Wildman–Crippen MR) is 149 cm³/mol. The van der Waals surface area contributed by atoms with E-state index < -0.39 is 29.7 Å². The quantitative estimate of drug-likeness (QED) is 0.321. The molecule has 1 atom stereocenters. The Hall–Kier alpha value is -4.09. The summed E-state index contributed by atoms with van der Waals surface area (Å²) in [5.74, 6) is 0.189. The maximum absolute atomic E-state index is 13.7. The number of nitrogens with zero attached hydrogens (tertiary/aromatic N) is 3. The van der Waals surface area contributed by atoms with Crippen LogP contribution < -0.4 is 10.1 Å². The second kappa shape index (κ2) is 13.0. The van der Waals surface area contributed by atoms with Crippen molar-refractivity contribution in [1.29, 1.82) is 0 Å². The molecule has 0 bridgehead atoms. The number of alkyl halides is 3. The Kier molecular flexibility index (Phi) is 9.51. The van der Waals surface area contributed by atoms with Gasteiger partial charge in [0, 0.05) is 36.3 Å². The number of methoxy groups -OCH3 is 2. The molecule has 1 heterocycles. The highest BCUT2D eigenvalue weighted by Crippen LogP contribution is 2.35. The van der Waals surface area contributed by atoms with Gasteiger partial charge in [-0.25, -0.2) is 9.80 Å². The summed E-state index contributed by atoms with van der Waals surface area (Å²) in [5.41, 5.74) is 1.42. The van der Waals surface area contributed by atoms with Crippen LogP contribution in [0.2, 0.25) is 5.02 Å². The van der Waals surface area contributed by atoms with Crippen LogP contribution in [0, 0.1) is 0 Å². The number of nitrogens with one attached hydrogen (secondary N) is 1. The maximum Gasteiger partial charge on any atom is 0.416 e. The molecule has 1 aliphatic heterocycles. The zero-order valence-corrected chi connectivity index (χ0v) is 23.1. The van der Waals surface area contributed by atoms with Crippen molar-refractivity contribution in [2.45, 2.75) is 18.6 Å². The Morgan fingerprint density at radius 2 is 1.73 bits per heavy atom. The molecular weight excluding hydrogens is 561 g/mol. The van der Waals surface area contributed by atoms with Crippen LogP contribution in [0.1, 0.15) is 29.2 Å². The number of amides is 3. The number of ether oxygens (including phenoxy) is 2. The Labute approximate surface area is 240 Å². The summed E-state index contributed by atoms with van der Waals surface area (Å²) in [6.45, 7) is -0.178. The van der Waals surface area contributed by atoms with Crippen molar-refractivity contribution >= 4 is 34.9 Å². The molecule has 0 spiro atoms. The van der Waals surface area contributed by atoms with E-state index in [0.717, 1.165) is 29.8 Å². The average Bonchev–Trinajstić information content (AvgIpc) is 3.40. The molecule has 3 aromatic carbocycles. The summed E-state index contributed by atoms with van der Waals surface area (Å²) in [7, 11) is 3.01. The topological polar surface area (TPSA) is 83.5 Å². The molecule has 0 aromatic heterocycles. The van der Waals surface area contributed by atoms with Gasteiger partial charge in [0.05, 0.1) is 31.0 Å². The lowest BCUT2D eigenvalue weighted by molar-refractivity contribution is -0.137. The van der Waals surface area contributed by atoms with Crippen molar-refractivity contribution < 1.29 is 32.2 Å². The van der Waals surface area contributed by atoms with Crippen molar-refractivity contribution in [2.75, 3.05) is 39.2 Å². The van der Waals surface area contributed by atoms with Gasteiger partial charge in [-0.1, -0.05) is 41.9 Å². The summed E-state index contributed by atoms with van der Waals surface area (Å²) >= 11 is 6.42. The lowest BCUT2D eigenvalue weighted by Crippen LogP contribution is -2.44. The smallest absolute Gasteiger partial charge is 0.416 e. The number of anilines is 1. The molecule has 0 unspecified atom stereocenters. The summed E-state index contributed by atoms with van der Waals surface area (Å²) in [6.07, 6.45) is -4.11. The first kappa shape index (κ1) is 29.9. The van der Waals surface area contributed by atoms with Crippen molar-refractivity contribution in [3.63, 3.8) is 0 Å². The highest BCUT2D eigenvalue weighted by atomic mass is 35.5. The number of rotatable bonds is 9. The highest BCUT2D eigenvalue weighted by molar-refractivity contribution is 6.34. The Balaban J connectivity index is 1.57. The predicted octanol–water partition coefficient (Wildman–Crippen LogP) is 6.23. The standard InChI is InChI=1S/C29H28ClF3N4O4/c1-40-16-15-36(28(39)34-21-11-9-20(10-12-21)29(31,32)33)18-27(38)37-26(19-7-13-22(41-2)14-8-19)17-25(35-37)23-5-3-4-6-24(23)30/h3-14,26H,15-18H2,1-2H3,(H,34,39)/t26-/m0/s1. The minimum Gasteiger partial charge on any atom is -0.497 e. The van der Waals surface area contributed by atoms with Crippen molar-refractivity contribution in [3.8, 4) is 5.75 Å². The molecule has 1 N–H and O–H groups in total. The van der Waals surface area contributed by atoms with Gasteiger partial charge in [0.25, 0.3) is 5.91 Å². The molecule has 12 heteroatoms. The van der Waals surface area contributed by atoms with Gasteiger partial charge in [0.15, 0.2) is 0 Å². The zero-order valence-electron chi connectivity index (χ0n) is 22.3. The molecule has 0 saturated carbocycles.